The molecule has 22 heavy (non-hydrogen) atoms. The molecule has 0 radical (unpaired) electrons. The molecular weight excluding hydrogens is 309 g/mol. The molecule has 6 nitrogen and oxygen atoms in total. The summed E-state index contributed by atoms with van der Waals surface area (Å²) in [5.41, 5.74) is -1.37. The van der Waals surface area contributed by atoms with Gasteiger partial charge < -0.3 is 18.9 Å². The Kier molecular flexibility index (Phi) is 8.39. The van der Waals surface area contributed by atoms with E-state index in [9.17, 15) is 22.8 Å². The monoisotopic (exact) mass is 330 g/mol. The summed E-state index contributed by atoms with van der Waals surface area (Å²) in [5.74, 6) is -3.00. The number of carbonyl (C=O) groups is 2. The number of hydrogen-bond acceptors (Lipinski definition) is 6. The van der Waals surface area contributed by atoms with E-state index in [0.29, 0.717) is 0 Å². The lowest BCUT2D eigenvalue weighted by atomic mass is 10.1. The molecule has 0 aliphatic rings. The van der Waals surface area contributed by atoms with Gasteiger partial charge in [0.25, 0.3) is 0 Å². The first-order valence-corrected chi connectivity index (χ1v) is 6.63. The number of carbonyl (C=O) groups excluding carboxylic acids is 2. The second kappa shape index (κ2) is 8.94. The average Bonchev–Trinajstić information content (AvgIpc) is 2.37. The fourth-order valence-corrected chi connectivity index (χ4v) is 1.16. The van der Waals surface area contributed by atoms with E-state index in [1.165, 1.54) is 13.8 Å². The summed E-state index contributed by atoms with van der Waals surface area (Å²) >= 11 is 0. The molecule has 0 aliphatic heterocycles. The molecule has 0 fully saturated rings. The minimum absolute atomic E-state index is 0.00582. The fraction of sp³-hybridized carbons (Fsp3) is 0.846. The topological polar surface area (TPSA) is 71.1 Å². The van der Waals surface area contributed by atoms with Crippen molar-refractivity contribution in [1.82, 2.24) is 0 Å². The van der Waals surface area contributed by atoms with Crippen molar-refractivity contribution in [3.8, 4) is 0 Å². The maximum Gasteiger partial charge on any atom is 0.490 e. The normalized spacial score (nSPS) is 12.4. The summed E-state index contributed by atoms with van der Waals surface area (Å²) in [6.45, 7) is 5.72. The molecule has 0 aromatic rings. The zero-order chi connectivity index (χ0) is 17.4. The van der Waals surface area contributed by atoms with E-state index in [4.69, 9.17) is 14.2 Å². The van der Waals surface area contributed by atoms with Crippen molar-refractivity contribution in [2.75, 3.05) is 26.4 Å². The van der Waals surface area contributed by atoms with Gasteiger partial charge in [0.15, 0.2) is 5.60 Å². The van der Waals surface area contributed by atoms with Gasteiger partial charge in [0, 0.05) is 0 Å². The van der Waals surface area contributed by atoms with Gasteiger partial charge in [0.2, 0.25) is 0 Å². The maximum absolute atomic E-state index is 11.9. The molecule has 0 rings (SSSR count). The van der Waals surface area contributed by atoms with Crippen LogP contribution in [0.4, 0.5) is 13.2 Å². The van der Waals surface area contributed by atoms with Crippen LogP contribution in [0.15, 0.2) is 0 Å². The van der Waals surface area contributed by atoms with Gasteiger partial charge in [-0.05, 0) is 27.7 Å². The van der Waals surface area contributed by atoms with Crippen LogP contribution in [0, 0.1) is 0 Å². The fourth-order valence-electron chi connectivity index (χ4n) is 1.16. The molecule has 0 aromatic heterocycles. The zero-order valence-corrected chi connectivity index (χ0v) is 13.0. The number of hydrogen-bond donors (Lipinski definition) is 0. The largest absolute Gasteiger partial charge is 0.490 e. The van der Waals surface area contributed by atoms with E-state index in [-0.39, 0.29) is 25.9 Å². The molecule has 130 valence electrons. The Balaban J connectivity index is 3.98. The summed E-state index contributed by atoms with van der Waals surface area (Å²) in [4.78, 5) is 22.2. The Morgan fingerprint density at radius 2 is 1.41 bits per heavy atom. The second-order valence-corrected chi connectivity index (χ2v) is 5.05. The predicted molar refractivity (Wildman–Crippen MR) is 69.1 cm³/mol. The molecule has 0 aliphatic carbocycles. The number of halogens is 3. The highest BCUT2D eigenvalue weighted by Gasteiger charge is 2.41. The van der Waals surface area contributed by atoms with Crippen LogP contribution in [0.25, 0.3) is 0 Å². The lowest BCUT2D eigenvalue weighted by Gasteiger charge is -2.23. The van der Waals surface area contributed by atoms with Crippen molar-refractivity contribution in [2.45, 2.75) is 45.6 Å². The summed E-state index contributed by atoms with van der Waals surface area (Å²) in [7, 11) is 0. The average molecular weight is 330 g/mol. The first-order chi connectivity index (χ1) is 9.97. The Labute approximate surface area is 126 Å². The minimum atomic E-state index is -5.05. The third-order valence-electron chi connectivity index (χ3n) is 2.27. The van der Waals surface area contributed by atoms with E-state index in [1.807, 2.05) is 13.8 Å². The van der Waals surface area contributed by atoms with Gasteiger partial charge in [0.1, 0.15) is 13.2 Å². The first-order valence-electron chi connectivity index (χ1n) is 6.63. The van der Waals surface area contributed by atoms with E-state index >= 15 is 0 Å². The number of ether oxygens (including phenoxy) is 4. The first kappa shape index (κ1) is 20.6. The highest BCUT2D eigenvalue weighted by atomic mass is 19.4. The zero-order valence-electron chi connectivity index (χ0n) is 13.0. The standard InChI is InChI=1S/C13H21F3O6/c1-9(2)19-5-6-20-10(17)12(3,4)22-8-7-21-11(18)13(14,15)16/h9H,5-8H2,1-4H3. The van der Waals surface area contributed by atoms with Crippen LogP contribution in [0.5, 0.6) is 0 Å². The smallest absolute Gasteiger partial charge is 0.461 e. The SMILES string of the molecule is CC(C)OCCOC(=O)C(C)(C)OCCOC(=O)C(F)(F)F. The molecule has 0 heterocycles. The van der Waals surface area contributed by atoms with E-state index in [1.54, 1.807) is 0 Å². The Hall–Kier alpha value is -1.35. The van der Waals surface area contributed by atoms with Crippen LogP contribution in [0.1, 0.15) is 27.7 Å². The van der Waals surface area contributed by atoms with Crippen LogP contribution in [-0.2, 0) is 28.5 Å². The van der Waals surface area contributed by atoms with Gasteiger partial charge in [-0.3, -0.25) is 0 Å². The Bertz CT molecular complexity index is 365. The molecule has 0 aromatic carbocycles. The van der Waals surface area contributed by atoms with Gasteiger partial charge in [-0.1, -0.05) is 0 Å². The number of esters is 2. The van der Waals surface area contributed by atoms with Crippen LogP contribution in [-0.4, -0.2) is 56.2 Å². The molecule has 0 saturated heterocycles. The van der Waals surface area contributed by atoms with Crippen molar-refractivity contribution in [3.05, 3.63) is 0 Å². The lowest BCUT2D eigenvalue weighted by Crippen LogP contribution is -2.38. The molecule has 0 amide bonds. The maximum atomic E-state index is 11.9. The van der Waals surface area contributed by atoms with Gasteiger partial charge >= 0.3 is 18.1 Å². The Morgan fingerprint density at radius 1 is 0.909 bits per heavy atom. The van der Waals surface area contributed by atoms with E-state index in [0.717, 1.165) is 0 Å². The van der Waals surface area contributed by atoms with Crippen LogP contribution < -0.4 is 0 Å². The Morgan fingerprint density at radius 3 is 1.91 bits per heavy atom. The molecule has 0 unspecified atom stereocenters. The van der Waals surface area contributed by atoms with Crippen molar-refractivity contribution in [1.29, 1.82) is 0 Å². The predicted octanol–water partition coefficient (Wildman–Crippen LogP) is 1.86. The minimum Gasteiger partial charge on any atom is -0.461 e. The van der Waals surface area contributed by atoms with Crippen LogP contribution in [0.3, 0.4) is 0 Å². The summed E-state index contributed by atoms with van der Waals surface area (Å²) < 4.78 is 54.7. The van der Waals surface area contributed by atoms with Crippen molar-refractivity contribution in [2.24, 2.45) is 0 Å². The summed E-state index contributed by atoms with van der Waals surface area (Å²) in [5, 5.41) is 0. The van der Waals surface area contributed by atoms with Crippen LogP contribution >= 0.6 is 0 Å². The van der Waals surface area contributed by atoms with Gasteiger partial charge in [-0.15, -0.1) is 0 Å². The molecule has 0 saturated carbocycles. The van der Waals surface area contributed by atoms with Crippen molar-refractivity contribution < 1.29 is 41.7 Å². The number of rotatable bonds is 9. The molecule has 0 N–H and O–H groups in total. The highest BCUT2D eigenvalue weighted by Crippen LogP contribution is 2.16. The third kappa shape index (κ3) is 8.83. The molecular formula is C13H21F3O6. The highest BCUT2D eigenvalue weighted by molar-refractivity contribution is 5.78. The summed E-state index contributed by atoms with van der Waals surface area (Å²) in [6.07, 6.45) is -5.04. The van der Waals surface area contributed by atoms with Gasteiger partial charge in [-0.2, -0.15) is 13.2 Å². The van der Waals surface area contributed by atoms with Crippen molar-refractivity contribution in [3.63, 3.8) is 0 Å². The second-order valence-electron chi connectivity index (χ2n) is 5.05. The lowest BCUT2D eigenvalue weighted by molar-refractivity contribution is -0.202. The van der Waals surface area contributed by atoms with E-state index < -0.39 is 30.3 Å². The van der Waals surface area contributed by atoms with Gasteiger partial charge in [-0.25, -0.2) is 9.59 Å². The van der Waals surface area contributed by atoms with Crippen LogP contribution in [0.2, 0.25) is 0 Å². The molecule has 0 spiro atoms. The molecule has 9 heteroatoms. The third-order valence-corrected chi connectivity index (χ3v) is 2.27. The summed E-state index contributed by atoms with van der Waals surface area (Å²) in [6, 6.07) is 0. The van der Waals surface area contributed by atoms with E-state index in [2.05, 4.69) is 4.74 Å². The quantitative estimate of drug-likeness (QED) is 0.475. The molecule has 0 bridgehead atoms. The van der Waals surface area contributed by atoms with Gasteiger partial charge in [0.05, 0.1) is 19.3 Å². The van der Waals surface area contributed by atoms with Crippen molar-refractivity contribution >= 4 is 11.9 Å². The molecule has 0 atom stereocenters. The number of alkyl halides is 3.